The lowest BCUT2D eigenvalue weighted by Crippen LogP contribution is -2.33. The van der Waals surface area contributed by atoms with Crippen molar-refractivity contribution in [1.29, 1.82) is 0 Å². The monoisotopic (exact) mass is 384 g/mol. The fraction of sp³-hybridized carbons (Fsp3) is 0.600. The summed E-state index contributed by atoms with van der Waals surface area (Å²) in [5.41, 5.74) is 0.782. The van der Waals surface area contributed by atoms with E-state index in [2.05, 4.69) is 10.8 Å². The molecule has 2 heterocycles. The average Bonchev–Trinajstić information content (AvgIpc) is 2.68. The maximum Gasteiger partial charge on any atom is 0.387 e. The first kappa shape index (κ1) is 20.2. The Hall–Kier alpha value is -1.54. The van der Waals surface area contributed by atoms with Crippen molar-refractivity contribution in [1.82, 2.24) is 0 Å². The highest BCUT2D eigenvalue weighted by molar-refractivity contribution is 5.28. The van der Waals surface area contributed by atoms with Gasteiger partial charge in [-0.05, 0) is 31.9 Å². The van der Waals surface area contributed by atoms with Gasteiger partial charge in [-0.3, -0.25) is 0 Å². The molecule has 0 spiro atoms. The molecule has 27 heavy (non-hydrogen) atoms. The Morgan fingerprint density at radius 3 is 2.26 bits per heavy atom. The first-order valence-electron chi connectivity index (χ1n) is 9.28. The second-order valence-electron chi connectivity index (χ2n) is 6.77. The van der Waals surface area contributed by atoms with Gasteiger partial charge in [-0.15, -0.1) is 0 Å². The van der Waals surface area contributed by atoms with Crippen molar-refractivity contribution in [3.63, 3.8) is 0 Å². The first-order valence-corrected chi connectivity index (χ1v) is 9.28. The third kappa shape index (κ3) is 6.24. The predicted octanol–water partition coefficient (Wildman–Crippen LogP) is 4.30. The predicted molar refractivity (Wildman–Crippen MR) is 94.4 cm³/mol. The van der Waals surface area contributed by atoms with Gasteiger partial charge in [-0.2, -0.15) is 8.78 Å². The summed E-state index contributed by atoms with van der Waals surface area (Å²) in [4.78, 5) is 0. The van der Waals surface area contributed by atoms with Crippen molar-refractivity contribution >= 4 is 0 Å². The molecule has 0 unspecified atom stereocenters. The second-order valence-corrected chi connectivity index (χ2v) is 6.77. The minimum atomic E-state index is -2.83. The number of hydrogen-bond acceptors (Lipinski definition) is 5. The highest BCUT2D eigenvalue weighted by atomic mass is 19.3. The van der Waals surface area contributed by atoms with E-state index in [1.165, 1.54) is 12.1 Å². The molecule has 7 heteroatoms. The fourth-order valence-electron chi connectivity index (χ4n) is 3.19. The van der Waals surface area contributed by atoms with Gasteiger partial charge < -0.3 is 23.7 Å². The topological polar surface area (TPSA) is 46.2 Å². The highest BCUT2D eigenvalue weighted by Gasteiger charge is 2.26. The van der Waals surface area contributed by atoms with Crippen molar-refractivity contribution in [2.24, 2.45) is 11.8 Å². The molecule has 2 aliphatic heterocycles. The quantitative estimate of drug-likeness (QED) is 0.656. The van der Waals surface area contributed by atoms with Gasteiger partial charge in [0.05, 0.1) is 26.4 Å². The summed E-state index contributed by atoms with van der Waals surface area (Å²) in [7, 11) is 0. The van der Waals surface area contributed by atoms with Crippen LogP contribution in [0.15, 0.2) is 36.4 Å². The summed E-state index contributed by atoms with van der Waals surface area (Å²) in [5, 5.41) is 0. The maximum absolute atomic E-state index is 12.2. The van der Waals surface area contributed by atoms with E-state index >= 15 is 0 Å². The van der Waals surface area contributed by atoms with Crippen molar-refractivity contribution in [2.45, 2.75) is 39.0 Å². The molecule has 1 aromatic carbocycles. The lowest BCUT2D eigenvalue weighted by molar-refractivity contribution is -0.217. The van der Waals surface area contributed by atoms with Crippen molar-refractivity contribution in [3.8, 4) is 5.75 Å². The van der Waals surface area contributed by atoms with Crippen molar-refractivity contribution in [2.75, 3.05) is 26.4 Å². The molecule has 0 aliphatic carbocycles. The van der Waals surface area contributed by atoms with E-state index in [0.717, 1.165) is 18.4 Å². The smallest absolute Gasteiger partial charge is 0.387 e. The summed E-state index contributed by atoms with van der Waals surface area (Å²) < 4.78 is 51.8. The number of rotatable bonds is 7. The van der Waals surface area contributed by atoms with Crippen LogP contribution in [-0.2, 0) is 18.9 Å². The van der Waals surface area contributed by atoms with Gasteiger partial charge in [0.15, 0.2) is 12.6 Å². The molecule has 5 nitrogen and oxygen atoms in total. The Morgan fingerprint density at radius 1 is 1.00 bits per heavy atom. The van der Waals surface area contributed by atoms with Crippen LogP contribution in [0.3, 0.4) is 0 Å². The standard InChI is InChI=1S/C20H26F2O5/c1-2-3-14-10-23-18(24-11-14)9-4-15-12-25-19(26-13-15)16-5-7-17(8-6-16)27-20(21)22/h2-3,5-8,14-15,18-20H,4,9-13H2,1H3. The van der Waals surface area contributed by atoms with Crippen LogP contribution in [0.2, 0.25) is 0 Å². The molecule has 2 aliphatic rings. The maximum atomic E-state index is 12.2. The lowest BCUT2D eigenvalue weighted by atomic mass is 10.0. The average molecular weight is 384 g/mol. The summed E-state index contributed by atoms with van der Waals surface area (Å²) >= 11 is 0. The molecule has 0 amide bonds. The Morgan fingerprint density at radius 2 is 1.67 bits per heavy atom. The Bertz CT molecular complexity index is 577. The number of ether oxygens (including phenoxy) is 5. The van der Waals surface area contributed by atoms with Crippen LogP contribution in [0.25, 0.3) is 0 Å². The Balaban J connectivity index is 1.36. The molecule has 3 rings (SSSR count). The minimum Gasteiger partial charge on any atom is -0.435 e. The summed E-state index contributed by atoms with van der Waals surface area (Å²) in [6, 6.07) is 6.32. The van der Waals surface area contributed by atoms with E-state index in [9.17, 15) is 8.78 Å². The second kappa shape index (κ2) is 10.1. The molecule has 2 saturated heterocycles. The third-order valence-electron chi connectivity index (χ3n) is 4.61. The van der Waals surface area contributed by atoms with Gasteiger partial charge in [-0.25, -0.2) is 0 Å². The van der Waals surface area contributed by atoms with Crippen LogP contribution in [-0.4, -0.2) is 39.3 Å². The molecule has 0 aromatic heterocycles. The molecule has 0 N–H and O–H groups in total. The molecule has 0 bridgehead atoms. The van der Waals surface area contributed by atoms with E-state index in [4.69, 9.17) is 18.9 Å². The van der Waals surface area contributed by atoms with Crippen LogP contribution in [0.4, 0.5) is 8.78 Å². The van der Waals surface area contributed by atoms with Crippen LogP contribution in [0.5, 0.6) is 5.75 Å². The summed E-state index contributed by atoms with van der Waals surface area (Å²) in [6.45, 7) is 1.71. The van der Waals surface area contributed by atoms with E-state index in [0.29, 0.717) is 32.3 Å². The SMILES string of the molecule is CC=CC1COC(CCC2COC(c3ccc(OC(F)F)cc3)OC2)OC1. The lowest BCUT2D eigenvalue weighted by Gasteiger charge is -2.32. The molecule has 2 fully saturated rings. The number of hydrogen-bond donors (Lipinski definition) is 0. The molecule has 1 aromatic rings. The van der Waals surface area contributed by atoms with Crippen LogP contribution in [0, 0.1) is 11.8 Å². The van der Waals surface area contributed by atoms with E-state index < -0.39 is 12.9 Å². The zero-order valence-corrected chi connectivity index (χ0v) is 15.4. The molecular formula is C20H26F2O5. The first-order chi connectivity index (χ1) is 13.1. The zero-order valence-electron chi connectivity index (χ0n) is 15.4. The largest absolute Gasteiger partial charge is 0.435 e. The van der Waals surface area contributed by atoms with Gasteiger partial charge in [0.25, 0.3) is 0 Å². The third-order valence-corrected chi connectivity index (χ3v) is 4.61. The van der Waals surface area contributed by atoms with Gasteiger partial charge in [0, 0.05) is 17.4 Å². The molecule has 0 radical (unpaired) electrons. The molecular weight excluding hydrogens is 358 g/mol. The van der Waals surface area contributed by atoms with E-state index in [1.807, 2.05) is 13.0 Å². The zero-order chi connectivity index (χ0) is 19.1. The van der Waals surface area contributed by atoms with Gasteiger partial charge >= 0.3 is 6.61 Å². The highest BCUT2D eigenvalue weighted by Crippen LogP contribution is 2.29. The van der Waals surface area contributed by atoms with E-state index in [-0.39, 0.29) is 18.0 Å². The number of alkyl halides is 2. The normalized spacial score (nSPS) is 29.3. The fourth-order valence-corrected chi connectivity index (χ4v) is 3.19. The van der Waals surface area contributed by atoms with E-state index in [1.54, 1.807) is 12.1 Å². The van der Waals surface area contributed by atoms with Crippen LogP contribution < -0.4 is 4.74 Å². The molecule has 0 atom stereocenters. The van der Waals surface area contributed by atoms with Gasteiger partial charge in [0.1, 0.15) is 5.75 Å². The summed E-state index contributed by atoms with van der Waals surface area (Å²) in [6.07, 6.45) is 5.18. The Labute approximate surface area is 158 Å². The summed E-state index contributed by atoms with van der Waals surface area (Å²) in [5.74, 6) is 0.737. The van der Waals surface area contributed by atoms with Crippen molar-refractivity contribution < 1.29 is 32.5 Å². The van der Waals surface area contributed by atoms with Crippen LogP contribution >= 0.6 is 0 Å². The number of allylic oxidation sites excluding steroid dienone is 1. The molecule has 0 saturated carbocycles. The minimum absolute atomic E-state index is 0.117. The van der Waals surface area contributed by atoms with Crippen LogP contribution in [0.1, 0.15) is 31.6 Å². The molecule has 150 valence electrons. The number of benzene rings is 1. The number of halogens is 2. The van der Waals surface area contributed by atoms with Crippen molar-refractivity contribution in [3.05, 3.63) is 42.0 Å². The Kier molecular flexibility index (Phi) is 7.58. The van der Waals surface area contributed by atoms with Gasteiger partial charge in [0.2, 0.25) is 0 Å². The van der Waals surface area contributed by atoms with Gasteiger partial charge in [-0.1, -0.05) is 24.3 Å².